The molecule has 1 aliphatic carbocycles. The molecule has 0 spiro atoms. The first-order valence-corrected chi connectivity index (χ1v) is 6.47. The van der Waals surface area contributed by atoms with Gasteiger partial charge < -0.3 is 15.4 Å². The highest BCUT2D eigenvalue weighted by atomic mass is 127. The number of aliphatic imine (C=N–C) groups is 1. The predicted molar refractivity (Wildman–Crippen MR) is 81.1 cm³/mol. The van der Waals surface area contributed by atoms with Crippen molar-refractivity contribution < 1.29 is 4.74 Å². The van der Waals surface area contributed by atoms with Crippen molar-refractivity contribution in [1.82, 2.24) is 10.6 Å². The quantitative estimate of drug-likeness (QED) is 0.461. The zero-order valence-electron chi connectivity index (χ0n) is 10.6. The molecule has 1 unspecified atom stereocenters. The highest BCUT2D eigenvalue weighted by Gasteiger charge is 2.22. The molecule has 5 heteroatoms. The van der Waals surface area contributed by atoms with E-state index < -0.39 is 0 Å². The van der Waals surface area contributed by atoms with E-state index in [1.807, 2.05) is 7.05 Å². The van der Waals surface area contributed by atoms with Crippen LogP contribution in [-0.4, -0.2) is 38.3 Å². The average molecular weight is 353 g/mol. The van der Waals surface area contributed by atoms with Gasteiger partial charge in [0.05, 0.1) is 6.10 Å². The minimum absolute atomic E-state index is 0. The minimum atomic E-state index is 0. The molecule has 0 aromatic heterocycles. The number of ether oxygens (including phenoxy) is 1. The second kappa shape index (κ2) is 8.13. The Hall–Kier alpha value is -0.0400. The fourth-order valence-electron chi connectivity index (χ4n) is 2.00. The van der Waals surface area contributed by atoms with Crippen molar-refractivity contribution in [3.05, 3.63) is 0 Å². The normalized spacial score (nSPS) is 25.0. The van der Waals surface area contributed by atoms with Crippen LogP contribution in [0.4, 0.5) is 0 Å². The third-order valence-corrected chi connectivity index (χ3v) is 3.17. The zero-order chi connectivity index (χ0) is 11.2. The fourth-order valence-corrected chi connectivity index (χ4v) is 2.00. The first-order chi connectivity index (χ1) is 7.88. The molecule has 4 nitrogen and oxygen atoms in total. The van der Waals surface area contributed by atoms with E-state index in [2.05, 4.69) is 15.6 Å². The SMILES string of the molecule is CN=C(NCCC1CCCCO1)NC1CC1.I. The van der Waals surface area contributed by atoms with Crippen LogP contribution in [0.3, 0.4) is 0 Å². The van der Waals surface area contributed by atoms with Gasteiger partial charge in [0.25, 0.3) is 0 Å². The summed E-state index contributed by atoms with van der Waals surface area (Å²) in [4.78, 5) is 4.20. The number of rotatable bonds is 4. The average Bonchev–Trinajstić information content (AvgIpc) is 3.13. The Bertz CT molecular complexity index is 238. The largest absolute Gasteiger partial charge is 0.378 e. The van der Waals surface area contributed by atoms with Crippen LogP contribution in [0, 0.1) is 0 Å². The van der Waals surface area contributed by atoms with Gasteiger partial charge >= 0.3 is 0 Å². The van der Waals surface area contributed by atoms with Crippen LogP contribution in [0.1, 0.15) is 38.5 Å². The molecule has 100 valence electrons. The lowest BCUT2D eigenvalue weighted by atomic mass is 10.1. The standard InChI is InChI=1S/C12H23N3O.HI/c1-13-12(15-10-5-6-10)14-8-7-11-4-2-3-9-16-11;/h10-11H,2-9H2,1H3,(H2,13,14,15);1H. The molecule has 17 heavy (non-hydrogen) atoms. The summed E-state index contributed by atoms with van der Waals surface area (Å²) in [7, 11) is 1.83. The Labute approximate surface area is 121 Å². The van der Waals surface area contributed by atoms with E-state index in [-0.39, 0.29) is 24.0 Å². The molecule has 0 aromatic rings. The van der Waals surface area contributed by atoms with Gasteiger partial charge in [0.2, 0.25) is 0 Å². The van der Waals surface area contributed by atoms with Gasteiger partial charge in [-0.2, -0.15) is 0 Å². The smallest absolute Gasteiger partial charge is 0.191 e. The summed E-state index contributed by atoms with van der Waals surface area (Å²) >= 11 is 0. The van der Waals surface area contributed by atoms with Gasteiger partial charge in [0.15, 0.2) is 5.96 Å². The minimum Gasteiger partial charge on any atom is -0.378 e. The molecule has 1 heterocycles. The monoisotopic (exact) mass is 353 g/mol. The second-order valence-corrected chi connectivity index (χ2v) is 4.69. The molecule has 0 radical (unpaired) electrons. The van der Waals surface area contributed by atoms with E-state index in [1.165, 1.54) is 32.1 Å². The Morgan fingerprint density at radius 2 is 2.12 bits per heavy atom. The lowest BCUT2D eigenvalue weighted by molar-refractivity contribution is 0.0122. The van der Waals surface area contributed by atoms with Crippen molar-refractivity contribution >= 4 is 29.9 Å². The number of hydrogen-bond donors (Lipinski definition) is 2. The molecular formula is C12H24IN3O. The molecule has 2 fully saturated rings. The molecular weight excluding hydrogens is 329 g/mol. The van der Waals surface area contributed by atoms with Gasteiger partial charge in [-0.05, 0) is 38.5 Å². The molecule has 0 bridgehead atoms. The van der Waals surface area contributed by atoms with E-state index in [0.29, 0.717) is 12.1 Å². The number of guanidine groups is 1. The maximum atomic E-state index is 5.69. The van der Waals surface area contributed by atoms with Crippen LogP contribution in [0.2, 0.25) is 0 Å². The van der Waals surface area contributed by atoms with E-state index >= 15 is 0 Å². The maximum Gasteiger partial charge on any atom is 0.191 e. The maximum absolute atomic E-state index is 5.69. The van der Waals surface area contributed by atoms with Crippen molar-refractivity contribution in [3.63, 3.8) is 0 Å². The lowest BCUT2D eigenvalue weighted by Crippen LogP contribution is -2.40. The van der Waals surface area contributed by atoms with Crippen LogP contribution in [0.25, 0.3) is 0 Å². The van der Waals surface area contributed by atoms with E-state index in [9.17, 15) is 0 Å². The van der Waals surface area contributed by atoms with Crippen molar-refractivity contribution in [2.45, 2.75) is 50.7 Å². The summed E-state index contributed by atoms with van der Waals surface area (Å²) in [6.45, 7) is 1.90. The molecule has 2 rings (SSSR count). The fraction of sp³-hybridized carbons (Fsp3) is 0.917. The number of nitrogens with one attached hydrogen (secondary N) is 2. The van der Waals surface area contributed by atoms with Gasteiger partial charge in [-0.1, -0.05) is 0 Å². The Kier molecular flexibility index (Phi) is 7.18. The van der Waals surface area contributed by atoms with Gasteiger partial charge in [0, 0.05) is 26.2 Å². The lowest BCUT2D eigenvalue weighted by Gasteiger charge is -2.23. The van der Waals surface area contributed by atoms with Gasteiger partial charge in [-0.3, -0.25) is 4.99 Å². The molecule has 1 saturated carbocycles. The van der Waals surface area contributed by atoms with Crippen molar-refractivity contribution in [3.8, 4) is 0 Å². The van der Waals surface area contributed by atoms with Crippen LogP contribution >= 0.6 is 24.0 Å². The van der Waals surface area contributed by atoms with E-state index in [1.54, 1.807) is 0 Å². The summed E-state index contributed by atoms with van der Waals surface area (Å²) in [6.07, 6.45) is 7.88. The summed E-state index contributed by atoms with van der Waals surface area (Å²) in [5.74, 6) is 0.943. The molecule has 2 aliphatic rings. The van der Waals surface area contributed by atoms with Crippen LogP contribution in [0.5, 0.6) is 0 Å². The molecule has 0 amide bonds. The summed E-state index contributed by atoms with van der Waals surface area (Å²) in [5, 5.41) is 6.72. The first-order valence-electron chi connectivity index (χ1n) is 6.47. The molecule has 1 saturated heterocycles. The van der Waals surface area contributed by atoms with Crippen LogP contribution < -0.4 is 10.6 Å². The summed E-state index contributed by atoms with van der Waals surface area (Å²) in [5.41, 5.74) is 0. The highest BCUT2D eigenvalue weighted by molar-refractivity contribution is 14.0. The first kappa shape index (κ1) is 15.0. The van der Waals surface area contributed by atoms with Crippen molar-refractivity contribution in [1.29, 1.82) is 0 Å². The van der Waals surface area contributed by atoms with Crippen LogP contribution in [-0.2, 0) is 4.74 Å². The molecule has 0 aromatic carbocycles. The van der Waals surface area contributed by atoms with E-state index in [4.69, 9.17) is 4.74 Å². The van der Waals surface area contributed by atoms with Gasteiger partial charge in [-0.15, -0.1) is 24.0 Å². The molecule has 2 N–H and O–H groups in total. The van der Waals surface area contributed by atoms with Gasteiger partial charge in [-0.25, -0.2) is 0 Å². The number of nitrogens with zero attached hydrogens (tertiary/aromatic N) is 1. The van der Waals surface area contributed by atoms with Crippen LogP contribution in [0.15, 0.2) is 4.99 Å². The number of hydrogen-bond acceptors (Lipinski definition) is 2. The van der Waals surface area contributed by atoms with Crippen molar-refractivity contribution in [2.75, 3.05) is 20.2 Å². The highest BCUT2D eigenvalue weighted by Crippen LogP contribution is 2.18. The Morgan fingerprint density at radius 3 is 2.71 bits per heavy atom. The third kappa shape index (κ3) is 5.90. The second-order valence-electron chi connectivity index (χ2n) is 4.69. The predicted octanol–water partition coefficient (Wildman–Crippen LogP) is 1.89. The molecule has 1 aliphatic heterocycles. The Balaban J connectivity index is 0.00000144. The topological polar surface area (TPSA) is 45.7 Å². The summed E-state index contributed by atoms with van der Waals surface area (Å²) < 4.78 is 5.69. The third-order valence-electron chi connectivity index (χ3n) is 3.17. The number of halogens is 1. The van der Waals surface area contributed by atoms with Gasteiger partial charge in [0.1, 0.15) is 0 Å². The Morgan fingerprint density at radius 1 is 1.29 bits per heavy atom. The van der Waals surface area contributed by atoms with E-state index in [0.717, 1.165) is 25.5 Å². The molecule has 1 atom stereocenters. The summed E-state index contributed by atoms with van der Waals surface area (Å²) in [6, 6.07) is 0.664. The van der Waals surface area contributed by atoms with Crippen molar-refractivity contribution in [2.24, 2.45) is 4.99 Å². The zero-order valence-corrected chi connectivity index (χ0v) is 12.9.